The molecule has 1 heteroatoms. The number of rotatable bonds is 4. The average molecular weight is 320 g/mol. The Hall–Kier alpha value is -2.02. The maximum absolute atomic E-state index is 10.3. The average Bonchev–Trinajstić information content (AvgIpc) is 2.56. The van der Waals surface area contributed by atoms with Gasteiger partial charge in [0.05, 0.1) is 5.76 Å². The van der Waals surface area contributed by atoms with Gasteiger partial charge in [0.25, 0.3) is 0 Å². The van der Waals surface area contributed by atoms with E-state index in [-0.39, 0.29) is 0 Å². The van der Waals surface area contributed by atoms with Gasteiger partial charge in [-0.2, -0.15) is 0 Å². The summed E-state index contributed by atoms with van der Waals surface area (Å²) in [5.74, 6) is 1.53. The van der Waals surface area contributed by atoms with Gasteiger partial charge < -0.3 is 5.11 Å². The molecule has 0 aliphatic heterocycles. The van der Waals surface area contributed by atoms with Crippen LogP contribution in [0.4, 0.5) is 0 Å². The van der Waals surface area contributed by atoms with Crippen molar-refractivity contribution in [3.05, 3.63) is 64.4 Å². The Morgan fingerprint density at radius 2 is 1.83 bits per heavy atom. The number of hydrogen-bond donors (Lipinski definition) is 1. The summed E-state index contributed by atoms with van der Waals surface area (Å²) in [5.41, 5.74) is 7.92. The summed E-state index contributed by atoms with van der Waals surface area (Å²) in [5, 5.41) is 10.3. The molecule has 24 heavy (non-hydrogen) atoms. The van der Waals surface area contributed by atoms with Gasteiger partial charge in [-0.1, -0.05) is 68.7 Å². The van der Waals surface area contributed by atoms with Gasteiger partial charge in [-0.3, -0.25) is 0 Å². The van der Waals surface area contributed by atoms with Crippen molar-refractivity contribution >= 4 is 6.08 Å². The highest BCUT2D eigenvalue weighted by atomic mass is 16.3. The van der Waals surface area contributed by atoms with Crippen LogP contribution in [0.2, 0.25) is 0 Å². The fourth-order valence-electron chi connectivity index (χ4n) is 4.28. The van der Waals surface area contributed by atoms with E-state index in [4.69, 9.17) is 0 Å². The number of aliphatic hydroxyl groups excluding tert-OH is 1. The molecular weight excluding hydrogens is 292 g/mol. The maximum atomic E-state index is 10.3. The Labute approximate surface area is 146 Å². The molecule has 0 saturated carbocycles. The molecule has 1 N–H and O–H groups in total. The minimum Gasteiger partial charge on any atom is -0.512 e. The molecule has 0 radical (unpaired) electrons. The fraction of sp³-hybridized carbons (Fsp3) is 0.391. The minimum atomic E-state index is 0.399. The molecule has 0 fully saturated rings. The SMILES string of the molecule is CCC(CC)[C@@H]1CC(O)=Cc2ccc(C)c(-c3cccc(C)c3)c21. The summed E-state index contributed by atoms with van der Waals surface area (Å²) in [6.07, 6.45) is 5.03. The van der Waals surface area contributed by atoms with Gasteiger partial charge in [0, 0.05) is 6.42 Å². The van der Waals surface area contributed by atoms with Crippen LogP contribution in [0.15, 0.2) is 42.2 Å². The summed E-state index contributed by atoms with van der Waals surface area (Å²) in [6, 6.07) is 13.2. The molecule has 0 spiro atoms. The molecule has 0 saturated heterocycles. The van der Waals surface area contributed by atoms with Crippen molar-refractivity contribution in [3.8, 4) is 11.1 Å². The topological polar surface area (TPSA) is 20.2 Å². The highest BCUT2D eigenvalue weighted by Crippen LogP contribution is 2.46. The lowest BCUT2D eigenvalue weighted by atomic mass is 9.72. The van der Waals surface area contributed by atoms with Gasteiger partial charge >= 0.3 is 0 Å². The van der Waals surface area contributed by atoms with Gasteiger partial charge in [0.2, 0.25) is 0 Å². The van der Waals surface area contributed by atoms with E-state index in [1.54, 1.807) is 0 Å². The van der Waals surface area contributed by atoms with Crippen LogP contribution in [0, 0.1) is 19.8 Å². The lowest BCUT2D eigenvalue weighted by Crippen LogP contribution is -2.18. The second-order valence-corrected chi connectivity index (χ2v) is 7.15. The van der Waals surface area contributed by atoms with Gasteiger partial charge in [0.15, 0.2) is 0 Å². The summed E-state index contributed by atoms with van der Waals surface area (Å²) in [7, 11) is 0. The number of allylic oxidation sites excluding steroid dienone is 1. The highest BCUT2D eigenvalue weighted by Gasteiger charge is 2.30. The van der Waals surface area contributed by atoms with Gasteiger partial charge in [-0.15, -0.1) is 0 Å². The molecule has 1 aliphatic carbocycles. The third kappa shape index (κ3) is 3.00. The van der Waals surface area contributed by atoms with Crippen molar-refractivity contribution in [1.29, 1.82) is 0 Å². The quantitative estimate of drug-likeness (QED) is 0.657. The van der Waals surface area contributed by atoms with Gasteiger partial charge in [-0.05, 0) is 59.6 Å². The maximum Gasteiger partial charge on any atom is 0.0934 e. The van der Waals surface area contributed by atoms with E-state index in [1.807, 2.05) is 6.08 Å². The first-order valence-corrected chi connectivity index (χ1v) is 9.15. The van der Waals surface area contributed by atoms with Crippen molar-refractivity contribution in [1.82, 2.24) is 0 Å². The largest absolute Gasteiger partial charge is 0.512 e. The Bertz CT molecular complexity index is 766. The number of benzene rings is 2. The van der Waals surface area contributed by atoms with Crippen molar-refractivity contribution in [3.63, 3.8) is 0 Å². The second kappa shape index (κ2) is 6.84. The van der Waals surface area contributed by atoms with E-state index in [9.17, 15) is 5.11 Å². The zero-order chi connectivity index (χ0) is 17.3. The third-order valence-corrected chi connectivity index (χ3v) is 5.53. The molecular formula is C23H28O. The number of hydrogen-bond acceptors (Lipinski definition) is 1. The molecule has 0 amide bonds. The molecule has 2 aromatic rings. The third-order valence-electron chi connectivity index (χ3n) is 5.53. The molecule has 126 valence electrons. The molecule has 0 aromatic heterocycles. The van der Waals surface area contributed by atoms with Crippen LogP contribution in [-0.2, 0) is 0 Å². The smallest absolute Gasteiger partial charge is 0.0934 e. The van der Waals surface area contributed by atoms with E-state index in [0.717, 1.165) is 19.3 Å². The lowest BCUT2D eigenvalue weighted by molar-refractivity contribution is 0.323. The molecule has 0 unspecified atom stereocenters. The van der Waals surface area contributed by atoms with Crippen LogP contribution < -0.4 is 0 Å². The van der Waals surface area contributed by atoms with E-state index >= 15 is 0 Å². The van der Waals surface area contributed by atoms with Crippen LogP contribution in [0.25, 0.3) is 17.2 Å². The first kappa shape index (κ1) is 16.8. The monoisotopic (exact) mass is 320 g/mol. The van der Waals surface area contributed by atoms with E-state index in [0.29, 0.717) is 17.6 Å². The molecule has 0 bridgehead atoms. The lowest BCUT2D eigenvalue weighted by Gasteiger charge is -2.33. The molecule has 1 aliphatic rings. The van der Waals surface area contributed by atoms with Gasteiger partial charge in [0.1, 0.15) is 0 Å². The van der Waals surface area contributed by atoms with Crippen LogP contribution in [0.1, 0.15) is 61.3 Å². The van der Waals surface area contributed by atoms with Crippen LogP contribution >= 0.6 is 0 Å². The first-order valence-electron chi connectivity index (χ1n) is 9.15. The zero-order valence-electron chi connectivity index (χ0n) is 15.3. The van der Waals surface area contributed by atoms with Gasteiger partial charge in [-0.25, -0.2) is 0 Å². The normalized spacial score (nSPS) is 16.9. The predicted octanol–water partition coefficient (Wildman–Crippen LogP) is 6.79. The van der Waals surface area contributed by atoms with Crippen molar-refractivity contribution < 1.29 is 5.11 Å². The van der Waals surface area contributed by atoms with E-state index in [1.165, 1.54) is 33.4 Å². The fourth-order valence-corrected chi connectivity index (χ4v) is 4.28. The molecule has 3 rings (SSSR count). The van der Waals surface area contributed by atoms with Crippen LogP contribution in [-0.4, -0.2) is 5.11 Å². The summed E-state index contributed by atoms with van der Waals surface area (Å²) in [4.78, 5) is 0. The molecule has 1 nitrogen and oxygen atoms in total. The Morgan fingerprint density at radius 1 is 1.08 bits per heavy atom. The Morgan fingerprint density at radius 3 is 2.50 bits per heavy atom. The van der Waals surface area contributed by atoms with Crippen LogP contribution in [0.5, 0.6) is 0 Å². The second-order valence-electron chi connectivity index (χ2n) is 7.15. The molecule has 0 heterocycles. The zero-order valence-corrected chi connectivity index (χ0v) is 15.3. The van der Waals surface area contributed by atoms with Crippen molar-refractivity contribution in [2.75, 3.05) is 0 Å². The van der Waals surface area contributed by atoms with Crippen molar-refractivity contribution in [2.24, 2.45) is 5.92 Å². The Kier molecular flexibility index (Phi) is 4.80. The number of aryl methyl sites for hydroxylation is 2. The Balaban J connectivity index is 2.26. The molecule has 2 aromatic carbocycles. The minimum absolute atomic E-state index is 0.399. The van der Waals surface area contributed by atoms with Crippen LogP contribution in [0.3, 0.4) is 0 Å². The van der Waals surface area contributed by atoms with E-state index < -0.39 is 0 Å². The standard InChI is InChI=1S/C23H28O/c1-5-17(6-2)21-14-20(24)13-19-11-10-16(4)22(23(19)21)18-9-7-8-15(3)12-18/h7-13,17,21,24H,5-6,14H2,1-4H3/t21-/m0/s1. The summed E-state index contributed by atoms with van der Waals surface area (Å²) < 4.78 is 0. The number of aliphatic hydroxyl groups is 1. The van der Waals surface area contributed by atoms with E-state index in [2.05, 4.69) is 64.1 Å². The summed E-state index contributed by atoms with van der Waals surface area (Å²) in [6.45, 7) is 8.90. The van der Waals surface area contributed by atoms with Crippen molar-refractivity contribution in [2.45, 2.75) is 52.9 Å². The highest BCUT2D eigenvalue weighted by molar-refractivity contribution is 5.78. The molecule has 1 atom stereocenters. The predicted molar refractivity (Wildman–Crippen MR) is 103 cm³/mol. The summed E-state index contributed by atoms with van der Waals surface area (Å²) >= 11 is 0. The number of fused-ring (bicyclic) bond motifs is 1. The first-order chi connectivity index (χ1) is 11.5.